The van der Waals surface area contributed by atoms with Gasteiger partial charge >= 0.3 is 5.97 Å². The van der Waals surface area contributed by atoms with Gasteiger partial charge in [-0.1, -0.05) is 18.6 Å². The number of Topliss-reactive ketones (excluding diaryl/α,β-unsaturated/α-hetero) is 1. The highest BCUT2D eigenvalue weighted by molar-refractivity contribution is 7.09. The van der Waals surface area contributed by atoms with E-state index in [-0.39, 0.29) is 29.7 Å². The molecule has 0 aromatic heterocycles. The summed E-state index contributed by atoms with van der Waals surface area (Å²) in [5, 5.41) is 0. The van der Waals surface area contributed by atoms with E-state index < -0.39 is 5.79 Å². The van der Waals surface area contributed by atoms with E-state index in [0.29, 0.717) is 32.5 Å². The van der Waals surface area contributed by atoms with Gasteiger partial charge in [0.2, 0.25) is 0 Å². The zero-order valence-corrected chi connectivity index (χ0v) is 20.9. The average molecular weight is 473 g/mol. The number of ketones is 1. The van der Waals surface area contributed by atoms with Crippen molar-refractivity contribution in [3.8, 4) is 0 Å². The summed E-state index contributed by atoms with van der Waals surface area (Å²) in [6, 6.07) is 0. The Balaban J connectivity index is 1.86. The van der Waals surface area contributed by atoms with Crippen molar-refractivity contribution < 1.29 is 33.1 Å². The molecule has 0 aromatic rings. The fraction of sp³-hybridized carbons (Fsp3) is 0.833. The predicted octanol–water partition coefficient (Wildman–Crippen LogP) is 4.39. The van der Waals surface area contributed by atoms with Crippen molar-refractivity contribution in [1.29, 1.82) is 0 Å². The minimum atomic E-state index is -0.529. The Morgan fingerprint density at radius 1 is 1.12 bits per heavy atom. The lowest BCUT2D eigenvalue weighted by Crippen LogP contribution is -2.33. The van der Waals surface area contributed by atoms with Gasteiger partial charge in [-0.3, -0.25) is 9.59 Å². The van der Waals surface area contributed by atoms with Crippen molar-refractivity contribution in [3.63, 3.8) is 0 Å². The van der Waals surface area contributed by atoms with E-state index >= 15 is 0 Å². The summed E-state index contributed by atoms with van der Waals surface area (Å²) in [4.78, 5) is 23.9. The number of methoxy groups -OCH3 is 2. The van der Waals surface area contributed by atoms with E-state index in [1.807, 2.05) is 0 Å². The Kier molecular flexibility index (Phi) is 13.0. The minimum Gasteiger partial charge on any atom is -0.469 e. The Hall–Kier alpha value is -0.850. The van der Waals surface area contributed by atoms with Crippen molar-refractivity contribution in [1.82, 2.24) is 0 Å². The van der Waals surface area contributed by atoms with Gasteiger partial charge in [0, 0.05) is 54.8 Å². The molecule has 2 fully saturated rings. The number of unbranched alkanes of at least 4 members (excludes halogenated alkanes) is 3. The first-order valence-electron chi connectivity index (χ1n) is 11.9. The van der Waals surface area contributed by atoms with Crippen molar-refractivity contribution in [2.24, 2.45) is 11.8 Å². The lowest BCUT2D eigenvalue weighted by atomic mass is 9.85. The summed E-state index contributed by atoms with van der Waals surface area (Å²) in [6.07, 6.45) is 12.9. The zero-order valence-electron chi connectivity index (χ0n) is 19.7. The summed E-state index contributed by atoms with van der Waals surface area (Å²) >= 11 is 0. The van der Waals surface area contributed by atoms with Gasteiger partial charge in [0.25, 0.3) is 0 Å². The maximum Gasteiger partial charge on any atom is 0.305 e. The van der Waals surface area contributed by atoms with Crippen LogP contribution >= 0.6 is 9.47 Å². The van der Waals surface area contributed by atoms with Crippen molar-refractivity contribution in [2.75, 3.05) is 34.0 Å². The van der Waals surface area contributed by atoms with E-state index in [1.165, 1.54) is 7.11 Å². The van der Waals surface area contributed by atoms with Crippen LogP contribution in [0.3, 0.4) is 0 Å². The third-order valence-corrected chi connectivity index (χ3v) is 6.95. The molecule has 1 aliphatic carbocycles. The molecule has 2 rings (SSSR count). The Labute approximate surface area is 195 Å². The lowest BCUT2D eigenvalue weighted by Gasteiger charge is -2.31. The van der Waals surface area contributed by atoms with Gasteiger partial charge in [-0.05, 0) is 44.4 Å². The second-order valence-corrected chi connectivity index (χ2v) is 9.01. The number of hydrogen-bond donors (Lipinski definition) is 0. The van der Waals surface area contributed by atoms with E-state index in [1.54, 1.807) is 7.11 Å². The molecule has 2 aliphatic rings. The normalized spacial score (nSPS) is 25.1. The summed E-state index contributed by atoms with van der Waals surface area (Å²) in [7, 11) is 5.47. The summed E-state index contributed by atoms with van der Waals surface area (Å²) < 4.78 is 27.5. The van der Waals surface area contributed by atoms with Gasteiger partial charge in [-0.15, -0.1) is 0 Å². The monoisotopic (exact) mass is 472 g/mol. The summed E-state index contributed by atoms with van der Waals surface area (Å²) in [5.41, 5.74) is 0. The molecule has 3 unspecified atom stereocenters. The van der Waals surface area contributed by atoms with Crippen LogP contribution in [0.2, 0.25) is 0 Å². The van der Waals surface area contributed by atoms with Crippen LogP contribution in [0, 0.1) is 11.8 Å². The van der Waals surface area contributed by atoms with E-state index in [4.69, 9.17) is 18.7 Å². The minimum absolute atomic E-state index is 0.0439. The molecule has 1 saturated carbocycles. The third kappa shape index (κ3) is 8.83. The van der Waals surface area contributed by atoms with Crippen molar-refractivity contribution in [2.45, 2.75) is 82.5 Å². The first-order valence-corrected chi connectivity index (χ1v) is 12.4. The zero-order chi connectivity index (χ0) is 23.2. The Morgan fingerprint density at radius 3 is 2.59 bits per heavy atom. The van der Waals surface area contributed by atoms with Crippen LogP contribution in [0.1, 0.15) is 70.6 Å². The van der Waals surface area contributed by atoms with E-state index in [2.05, 4.69) is 26.4 Å². The fourth-order valence-corrected chi connectivity index (χ4v) is 5.08. The number of rotatable bonds is 16. The van der Waals surface area contributed by atoms with Crippen LogP contribution in [0.15, 0.2) is 12.2 Å². The molecule has 4 atom stereocenters. The van der Waals surface area contributed by atoms with Gasteiger partial charge in [-0.25, -0.2) is 0 Å². The number of hydrogen-bond acceptors (Lipinski definition) is 7. The molecule has 0 bridgehead atoms. The Bertz CT molecular complexity index is 589. The van der Waals surface area contributed by atoms with Crippen LogP contribution in [-0.2, 0) is 33.1 Å². The SMILES string of the molecule is COCCCCCC1(CC[C@H]2C(OP)CC(=O)C2CC=CCCCC(=O)OC)OCCO1. The first kappa shape index (κ1) is 27.4. The van der Waals surface area contributed by atoms with Gasteiger partial charge < -0.3 is 23.5 Å². The average Bonchev–Trinajstić information content (AvgIpc) is 3.38. The highest BCUT2D eigenvalue weighted by Gasteiger charge is 2.44. The number of allylic oxidation sites excluding steroid dienone is 2. The van der Waals surface area contributed by atoms with Crippen LogP contribution in [0.5, 0.6) is 0 Å². The van der Waals surface area contributed by atoms with Crippen molar-refractivity contribution >= 4 is 21.2 Å². The molecule has 7 nitrogen and oxygen atoms in total. The summed E-state index contributed by atoms with van der Waals surface area (Å²) in [5.74, 6) is -0.342. The largest absolute Gasteiger partial charge is 0.469 e. The number of ether oxygens (including phenoxy) is 4. The van der Waals surface area contributed by atoms with Crippen LogP contribution in [0.25, 0.3) is 0 Å². The predicted molar refractivity (Wildman–Crippen MR) is 125 cm³/mol. The third-order valence-electron chi connectivity index (χ3n) is 6.60. The molecule has 0 radical (unpaired) electrons. The maximum atomic E-state index is 12.7. The lowest BCUT2D eigenvalue weighted by molar-refractivity contribution is -0.171. The van der Waals surface area contributed by atoms with Crippen LogP contribution in [0.4, 0.5) is 0 Å². The standard InChI is InChI=1S/C24H41O7P/c1-27-15-9-5-8-13-24(29-16-17-30-24)14-12-20-19(21(25)18-22(20)31-32)10-6-3-4-7-11-23(26)28-2/h3,6,19-20,22H,4-5,7-18,32H2,1-2H3/t19?,20-,22?/m1/s1. The highest BCUT2D eigenvalue weighted by atomic mass is 31.0. The molecule has 0 amide bonds. The van der Waals surface area contributed by atoms with Crippen LogP contribution in [-0.4, -0.2) is 57.7 Å². The first-order chi connectivity index (χ1) is 15.5. The number of carbonyl (C=O) groups excluding carboxylic acids is 2. The summed E-state index contributed by atoms with van der Waals surface area (Å²) in [6.45, 7) is 2.04. The molecule has 0 spiro atoms. The van der Waals surface area contributed by atoms with Gasteiger partial charge in [0.1, 0.15) is 5.78 Å². The fourth-order valence-electron chi connectivity index (χ4n) is 4.78. The molecule has 184 valence electrons. The molecule has 1 saturated heterocycles. The van der Waals surface area contributed by atoms with Gasteiger partial charge in [0.15, 0.2) is 5.79 Å². The van der Waals surface area contributed by atoms with E-state index in [9.17, 15) is 9.59 Å². The van der Waals surface area contributed by atoms with Crippen molar-refractivity contribution in [3.05, 3.63) is 12.2 Å². The highest BCUT2D eigenvalue weighted by Crippen LogP contribution is 2.41. The number of esters is 1. The molecule has 1 heterocycles. The van der Waals surface area contributed by atoms with Gasteiger partial charge in [-0.2, -0.15) is 0 Å². The molecule has 1 aliphatic heterocycles. The second kappa shape index (κ2) is 15.1. The molecular formula is C24H41O7P. The smallest absolute Gasteiger partial charge is 0.305 e. The Morgan fingerprint density at radius 2 is 1.91 bits per heavy atom. The quantitative estimate of drug-likeness (QED) is 0.143. The maximum absolute atomic E-state index is 12.7. The van der Waals surface area contributed by atoms with Gasteiger partial charge in [0.05, 0.1) is 26.4 Å². The molecular weight excluding hydrogens is 431 g/mol. The molecule has 32 heavy (non-hydrogen) atoms. The second-order valence-electron chi connectivity index (χ2n) is 8.74. The van der Waals surface area contributed by atoms with E-state index in [0.717, 1.165) is 58.0 Å². The molecule has 0 N–H and O–H groups in total. The number of carbonyl (C=O) groups is 2. The van der Waals surface area contributed by atoms with Crippen LogP contribution < -0.4 is 0 Å². The topological polar surface area (TPSA) is 80.3 Å². The molecule has 0 aromatic carbocycles. The molecule has 8 heteroatoms.